The Kier molecular flexibility index (Phi) is 23.2. The maximum Gasteiger partial charge on any atom is 0.305 e. The minimum absolute atomic E-state index is 0.164. The molecular weight excluding hydrogens is 360 g/mol. The van der Waals surface area contributed by atoms with Crippen LogP contribution in [0.5, 0.6) is 0 Å². The summed E-state index contributed by atoms with van der Waals surface area (Å²) in [6.45, 7) is 4.40. The van der Waals surface area contributed by atoms with E-state index in [1.54, 1.807) is 0 Å². The van der Waals surface area contributed by atoms with Crippen LogP contribution in [0.2, 0.25) is 0 Å². The Bertz CT molecular complexity index is 330. The monoisotopic (exact) mass is 412 g/mol. The molecule has 0 radical (unpaired) electrons. The molecule has 0 bridgehead atoms. The molecule has 174 valence electrons. The van der Waals surface area contributed by atoms with Crippen LogP contribution in [-0.4, -0.2) is 23.8 Å². The number of carbonyl (C=O) groups is 1. The molecule has 3 heteroatoms. The largest absolute Gasteiger partial charge is 0.463 e. The Morgan fingerprint density at radius 3 is 1.38 bits per heavy atom. The maximum absolute atomic E-state index is 11.3. The van der Waals surface area contributed by atoms with Gasteiger partial charge in [0.1, 0.15) is 6.61 Å². The van der Waals surface area contributed by atoms with E-state index < -0.39 is 6.10 Å². The summed E-state index contributed by atoms with van der Waals surface area (Å²) >= 11 is 0. The van der Waals surface area contributed by atoms with Crippen LogP contribution in [0.4, 0.5) is 0 Å². The number of aliphatic hydroxyl groups is 1. The van der Waals surface area contributed by atoms with E-state index in [0.29, 0.717) is 6.42 Å². The molecule has 1 N–H and O–H groups in total. The van der Waals surface area contributed by atoms with Gasteiger partial charge >= 0.3 is 5.97 Å². The van der Waals surface area contributed by atoms with Gasteiger partial charge in [0, 0.05) is 6.42 Å². The van der Waals surface area contributed by atoms with Crippen molar-refractivity contribution in [3.8, 4) is 0 Å². The van der Waals surface area contributed by atoms with E-state index >= 15 is 0 Å². The first-order valence-electron chi connectivity index (χ1n) is 13.0. The van der Waals surface area contributed by atoms with Crippen molar-refractivity contribution >= 4 is 5.97 Å². The molecule has 0 aromatic carbocycles. The highest BCUT2D eigenvalue weighted by Gasteiger charge is 2.07. The van der Waals surface area contributed by atoms with Gasteiger partial charge in [0.2, 0.25) is 0 Å². The number of aliphatic hydroxyl groups excluding tert-OH is 1. The maximum atomic E-state index is 11.3. The molecule has 0 aliphatic rings. The van der Waals surface area contributed by atoms with Crippen molar-refractivity contribution in [1.29, 1.82) is 0 Å². The van der Waals surface area contributed by atoms with Crippen LogP contribution in [-0.2, 0) is 9.53 Å². The first kappa shape index (κ1) is 28.4. The van der Waals surface area contributed by atoms with Crippen molar-refractivity contribution in [2.75, 3.05) is 6.61 Å². The van der Waals surface area contributed by atoms with Crippen LogP contribution in [0.15, 0.2) is 0 Å². The summed E-state index contributed by atoms with van der Waals surface area (Å²) in [5.74, 6) is -0.190. The summed E-state index contributed by atoms with van der Waals surface area (Å²) < 4.78 is 5.04. The Labute approximate surface area is 182 Å². The van der Waals surface area contributed by atoms with Gasteiger partial charge in [-0.1, -0.05) is 129 Å². The normalized spacial score (nSPS) is 12.2. The lowest BCUT2D eigenvalue weighted by atomic mass is 10.0. The van der Waals surface area contributed by atoms with Crippen molar-refractivity contribution in [3.05, 3.63) is 0 Å². The van der Waals surface area contributed by atoms with Crippen molar-refractivity contribution in [2.24, 2.45) is 0 Å². The van der Waals surface area contributed by atoms with E-state index in [4.69, 9.17) is 4.74 Å². The number of rotatable bonds is 23. The Morgan fingerprint density at radius 2 is 1.00 bits per heavy atom. The number of ether oxygens (including phenoxy) is 1. The molecule has 0 aliphatic heterocycles. The van der Waals surface area contributed by atoms with Crippen LogP contribution >= 0.6 is 0 Å². The van der Waals surface area contributed by atoms with Crippen LogP contribution < -0.4 is 0 Å². The Hall–Kier alpha value is -0.570. The molecule has 0 saturated heterocycles. The minimum Gasteiger partial charge on any atom is -0.463 e. The topological polar surface area (TPSA) is 46.5 Å². The third-order valence-corrected chi connectivity index (χ3v) is 5.78. The number of carbonyl (C=O) groups excluding carboxylic acids is 1. The molecule has 0 aromatic heterocycles. The molecule has 0 aromatic rings. The quantitative estimate of drug-likeness (QED) is 0.136. The summed E-state index contributed by atoms with van der Waals surface area (Å²) in [4.78, 5) is 11.3. The van der Waals surface area contributed by atoms with Gasteiger partial charge in [-0.25, -0.2) is 0 Å². The van der Waals surface area contributed by atoms with E-state index in [9.17, 15) is 9.90 Å². The highest BCUT2D eigenvalue weighted by atomic mass is 16.5. The first-order valence-corrected chi connectivity index (χ1v) is 13.0. The lowest BCUT2D eigenvalue weighted by Crippen LogP contribution is -2.18. The van der Waals surface area contributed by atoms with Gasteiger partial charge in [-0.05, 0) is 12.8 Å². The average Bonchev–Trinajstić information content (AvgIpc) is 2.71. The number of hydrogen-bond donors (Lipinski definition) is 1. The molecule has 0 spiro atoms. The molecule has 0 heterocycles. The van der Waals surface area contributed by atoms with Gasteiger partial charge in [0.25, 0.3) is 0 Å². The van der Waals surface area contributed by atoms with Crippen molar-refractivity contribution in [2.45, 2.75) is 155 Å². The summed E-state index contributed by atoms with van der Waals surface area (Å²) in [5, 5.41) is 9.82. The predicted octanol–water partition coefficient (Wildman–Crippen LogP) is 8.12. The highest BCUT2D eigenvalue weighted by molar-refractivity contribution is 5.69. The van der Waals surface area contributed by atoms with Gasteiger partial charge in [0.15, 0.2) is 0 Å². The lowest BCUT2D eigenvalue weighted by Gasteiger charge is -2.11. The molecule has 0 amide bonds. The third-order valence-electron chi connectivity index (χ3n) is 5.78. The molecule has 1 atom stereocenters. The second-order valence-electron chi connectivity index (χ2n) is 8.89. The number of unbranched alkanes of at least 4 members (excludes halogenated alkanes) is 17. The third kappa shape index (κ3) is 23.6. The Balaban J connectivity index is 3.14. The van der Waals surface area contributed by atoms with E-state index in [1.165, 1.54) is 109 Å². The van der Waals surface area contributed by atoms with Gasteiger partial charge < -0.3 is 9.84 Å². The van der Waals surface area contributed by atoms with Crippen molar-refractivity contribution < 1.29 is 14.6 Å². The molecule has 0 fully saturated rings. The fourth-order valence-corrected chi connectivity index (χ4v) is 3.83. The van der Waals surface area contributed by atoms with E-state index in [-0.39, 0.29) is 12.6 Å². The molecule has 0 aliphatic carbocycles. The van der Waals surface area contributed by atoms with Crippen molar-refractivity contribution in [1.82, 2.24) is 0 Å². The van der Waals surface area contributed by atoms with Crippen LogP contribution in [0, 0.1) is 0 Å². The number of hydrogen-bond acceptors (Lipinski definition) is 3. The van der Waals surface area contributed by atoms with Crippen LogP contribution in [0.1, 0.15) is 149 Å². The molecule has 1 unspecified atom stereocenters. The zero-order valence-electron chi connectivity index (χ0n) is 19.9. The van der Waals surface area contributed by atoms with Crippen LogP contribution in [0.25, 0.3) is 0 Å². The zero-order valence-corrected chi connectivity index (χ0v) is 19.9. The standard InChI is InChI=1S/C26H52O3/c1-3-5-6-7-8-9-10-11-12-13-14-15-16-17-18-19-20-21-23-25(27)24-29-26(28)22-4-2/h25,27H,3-24H2,1-2H3. The zero-order chi connectivity index (χ0) is 21.4. The van der Waals surface area contributed by atoms with Gasteiger partial charge in [-0.2, -0.15) is 0 Å². The fraction of sp³-hybridized carbons (Fsp3) is 0.962. The smallest absolute Gasteiger partial charge is 0.305 e. The molecule has 0 rings (SSSR count). The highest BCUT2D eigenvalue weighted by Crippen LogP contribution is 2.15. The van der Waals surface area contributed by atoms with E-state index in [1.807, 2.05) is 6.92 Å². The van der Waals surface area contributed by atoms with Crippen LogP contribution in [0.3, 0.4) is 0 Å². The fourth-order valence-electron chi connectivity index (χ4n) is 3.83. The second-order valence-corrected chi connectivity index (χ2v) is 8.89. The van der Waals surface area contributed by atoms with E-state index in [0.717, 1.165) is 19.3 Å². The Morgan fingerprint density at radius 1 is 0.621 bits per heavy atom. The molecule has 0 saturated carbocycles. The summed E-state index contributed by atoms with van der Waals surface area (Å²) in [6.07, 6.45) is 26.2. The summed E-state index contributed by atoms with van der Waals surface area (Å²) in [5.41, 5.74) is 0. The molecule has 3 nitrogen and oxygen atoms in total. The molecular formula is C26H52O3. The second kappa shape index (κ2) is 23.7. The summed E-state index contributed by atoms with van der Waals surface area (Å²) in [7, 11) is 0. The average molecular weight is 413 g/mol. The SMILES string of the molecule is CCCCCCCCCCCCCCCCCCCCC(O)COC(=O)CCC. The molecule has 29 heavy (non-hydrogen) atoms. The first-order chi connectivity index (χ1) is 14.2. The van der Waals surface area contributed by atoms with Gasteiger partial charge in [-0.3, -0.25) is 4.79 Å². The van der Waals surface area contributed by atoms with Gasteiger partial charge in [0.05, 0.1) is 6.10 Å². The predicted molar refractivity (Wildman–Crippen MR) is 125 cm³/mol. The van der Waals surface area contributed by atoms with E-state index in [2.05, 4.69) is 6.92 Å². The van der Waals surface area contributed by atoms with Gasteiger partial charge in [-0.15, -0.1) is 0 Å². The minimum atomic E-state index is -0.489. The lowest BCUT2D eigenvalue weighted by molar-refractivity contribution is -0.146. The summed E-state index contributed by atoms with van der Waals surface area (Å²) in [6, 6.07) is 0. The van der Waals surface area contributed by atoms with Crippen molar-refractivity contribution in [3.63, 3.8) is 0 Å². The number of esters is 1.